The number of hydrogen-bond acceptors (Lipinski definition) is 2. The quantitative estimate of drug-likeness (QED) is 0.552. The summed E-state index contributed by atoms with van der Waals surface area (Å²) in [4.78, 5) is 27.4. The Morgan fingerprint density at radius 1 is 1.00 bits per heavy atom. The minimum Gasteiger partial charge on any atom is -0.324 e. The fourth-order valence-corrected chi connectivity index (χ4v) is 3.35. The van der Waals surface area contributed by atoms with Crippen LogP contribution in [0.1, 0.15) is 34.3 Å². The lowest BCUT2D eigenvalue weighted by Gasteiger charge is -2.28. The molecule has 4 nitrogen and oxygen atoms in total. The third-order valence-corrected chi connectivity index (χ3v) is 4.92. The summed E-state index contributed by atoms with van der Waals surface area (Å²) < 4.78 is 79.2. The van der Waals surface area contributed by atoms with Crippen LogP contribution in [-0.4, -0.2) is 29.9 Å². The first-order valence-electron chi connectivity index (χ1n) is 9.01. The molecular formula is C20H15ClF6N2O2. The van der Waals surface area contributed by atoms with Gasteiger partial charge in [0.1, 0.15) is 6.67 Å². The second-order valence-corrected chi connectivity index (χ2v) is 7.35. The maximum absolute atomic E-state index is 13.2. The number of nitrogens with zero attached hydrogens (tertiary/aromatic N) is 2. The molecule has 11 heteroatoms. The molecule has 166 valence electrons. The Kier molecular flexibility index (Phi) is 6.22. The summed E-state index contributed by atoms with van der Waals surface area (Å²) in [5.74, 6) is -1.40. The maximum atomic E-state index is 13.2. The maximum Gasteiger partial charge on any atom is 0.416 e. The van der Waals surface area contributed by atoms with Crippen molar-refractivity contribution in [2.75, 3.05) is 18.1 Å². The predicted molar refractivity (Wildman–Crippen MR) is 101 cm³/mol. The first-order chi connectivity index (χ1) is 14.4. The van der Waals surface area contributed by atoms with Crippen LogP contribution in [0.4, 0.5) is 32.0 Å². The van der Waals surface area contributed by atoms with E-state index in [0.717, 1.165) is 4.90 Å². The van der Waals surface area contributed by atoms with Gasteiger partial charge in [0.15, 0.2) is 0 Å². The van der Waals surface area contributed by atoms with Crippen molar-refractivity contribution in [3.8, 4) is 0 Å². The van der Waals surface area contributed by atoms with Gasteiger partial charge in [-0.1, -0.05) is 17.7 Å². The fourth-order valence-electron chi connectivity index (χ4n) is 3.17. The van der Waals surface area contributed by atoms with Crippen LogP contribution < -0.4 is 4.90 Å². The molecule has 1 saturated heterocycles. The zero-order valence-electron chi connectivity index (χ0n) is 15.7. The van der Waals surface area contributed by atoms with Gasteiger partial charge in [0.25, 0.3) is 5.91 Å². The van der Waals surface area contributed by atoms with E-state index in [2.05, 4.69) is 0 Å². The van der Waals surface area contributed by atoms with Crippen LogP contribution in [0, 0.1) is 0 Å². The minimum atomic E-state index is -5.10. The number of hydrogen-bond donors (Lipinski definition) is 0. The topological polar surface area (TPSA) is 40.6 Å². The van der Waals surface area contributed by atoms with Gasteiger partial charge in [-0.2, -0.15) is 26.3 Å². The number of anilines is 1. The Morgan fingerprint density at radius 2 is 1.61 bits per heavy atom. The summed E-state index contributed by atoms with van der Waals surface area (Å²) in [5, 5.41) is 0.197. The first kappa shape index (κ1) is 22.9. The number of carbonyl (C=O) groups is 2. The monoisotopic (exact) mass is 464 g/mol. The van der Waals surface area contributed by atoms with Crippen LogP contribution >= 0.6 is 11.6 Å². The molecule has 0 N–H and O–H groups in total. The van der Waals surface area contributed by atoms with Gasteiger partial charge in [0.2, 0.25) is 5.91 Å². The summed E-state index contributed by atoms with van der Waals surface area (Å²) in [6.45, 7) is -0.0326. The molecule has 1 heterocycles. The van der Waals surface area contributed by atoms with E-state index >= 15 is 0 Å². The summed E-state index contributed by atoms with van der Waals surface area (Å²) in [5.41, 5.74) is -3.89. The Bertz CT molecular complexity index is 974. The largest absolute Gasteiger partial charge is 0.416 e. The van der Waals surface area contributed by atoms with E-state index in [0.29, 0.717) is 25.1 Å². The van der Waals surface area contributed by atoms with Gasteiger partial charge in [0, 0.05) is 29.2 Å². The summed E-state index contributed by atoms with van der Waals surface area (Å²) in [6.07, 6.45) is -9.43. The summed E-state index contributed by atoms with van der Waals surface area (Å²) in [7, 11) is 0. The molecule has 2 amide bonds. The lowest BCUT2D eigenvalue weighted by molar-refractivity contribution is -0.143. The van der Waals surface area contributed by atoms with Crippen molar-refractivity contribution in [2.24, 2.45) is 0 Å². The highest BCUT2D eigenvalue weighted by atomic mass is 35.5. The molecule has 0 spiro atoms. The number of halogens is 7. The Hall–Kier alpha value is -2.75. The van der Waals surface area contributed by atoms with Gasteiger partial charge in [-0.3, -0.25) is 14.5 Å². The van der Waals surface area contributed by atoms with E-state index in [4.69, 9.17) is 11.6 Å². The molecule has 31 heavy (non-hydrogen) atoms. The molecule has 0 atom stereocenters. The van der Waals surface area contributed by atoms with Crippen LogP contribution in [0.25, 0.3) is 0 Å². The van der Waals surface area contributed by atoms with E-state index in [9.17, 15) is 35.9 Å². The van der Waals surface area contributed by atoms with E-state index in [1.807, 2.05) is 0 Å². The van der Waals surface area contributed by atoms with Crippen molar-refractivity contribution in [1.29, 1.82) is 0 Å². The van der Waals surface area contributed by atoms with Crippen molar-refractivity contribution >= 4 is 29.1 Å². The second-order valence-electron chi connectivity index (χ2n) is 6.91. The summed E-state index contributed by atoms with van der Waals surface area (Å²) in [6, 6.07) is 6.38. The highest BCUT2D eigenvalue weighted by molar-refractivity contribution is 6.31. The minimum absolute atomic E-state index is 0.0511. The zero-order valence-corrected chi connectivity index (χ0v) is 16.5. The Labute approximate surface area is 178 Å². The molecular weight excluding hydrogens is 450 g/mol. The number of amides is 2. The van der Waals surface area contributed by atoms with Gasteiger partial charge in [0.05, 0.1) is 11.1 Å². The standard InChI is InChI=1S/C20H15ClF6N2O2/c21-15-3-1-4-16(10-15)29(11-28-6-2-5-17(28)30)18(31)12-7-13(19(22,23)24)9-14(8-12)20(25,26)27/h1,3-4,7-10H,2,5-6,11H2. The van der Waals surface area contributed by atoms with E-state index in [1.165, 1.54) is 29.2 Å². The first-order valence-corrected chi connectivity index (χ1v) is 9.39. The molecule has 0 aliphatic carbocycles. The predicted octanol–water partition coefficient (Wildman–Crippen LogP) is 5.60. The summed E-state index contributed by atoms with van der Waals surface area (Å²) >= 11 is 5.94. The van der Waals surface area contributed by atoms with Crippen LogP contribution in [0.5, 0.6) is 0 Å². The van der Waals surface area contributed by atoms with Crippen LogP contribution in [-0.2, 0) is 17.1 Å². The molecule has 0 unspecified atom stereocenters. The molecule has 1 fully saturated rings. The van der Waals surface area contributed by atoms with Crippen molar-refractivity contribution < 1.29 is 35.9 Å². The smallest absolute Gasteiger partial charge is 0.324 e. The average molecular weight is 465 g/mol. The van der Waals surface area contributed by atoms with Crippen LogP contribution in [0.3, 0.4) is 0 Å². The van der Waals surface area contributed by atoms with Gasteiger partial charge >= 0.3 is 12.4 Å². The molecule has 0 radical (unpaired) electrons. The molecule has 0 saturated carbocycles. The molecule has 1 aliphatic rings. The van der Waals surface area contributed by atoms with Crippen molar-refractivity contribution in [3.63, 3.8) is 0 Å². The normalized spacial score (nSPS) is 14.8. The molecule has 3 rings (SSSR count). The molecule has 1 aliphatic heterocycles. The highest BCUT2D eigenvalue weighted by Gasteiger charge is 2.38. The Balaban J connectivity index is 2.09. The van der Waals surface area contributed by atoms with Crippen molar-refractivity contribution in [2.45, 2.75) is 25.2 Å². The van der Waals surface area contributed by atoms with E-state index in [-0.39, 0.29) is 35.8 Å². The number of alkyl halides is 6. The van der Waals surface area contributed by atoms with Gasteiger partial charge in [-0.05, 0) is 42.8 Å². The lowest BCUT2D eigenvalue weighted by Crippen LogP contribution is -2.42. The molecule has 0 aromatic heterocycles. The van der Waals surface area contributed by atoms with E-state index < -0.39 is 35.0 Å². The third kappa shape index (κ3) is 5.30. The number of benzene rings is 2. The third-order valence-electron chi connectivity index (χ3n) is 4.68. The van der Waals surface area contributed by atoms with Gasteiger partial charge in [-0.25, -0.2) is 0 Å². The number of rotatable bonds is 4. The van der Waals surface area contributed by atoms with Crippen molar-refractivity contribution in [3.05, 3.63) is 64.2 Å². The zero-order chi connectivity index (χ0) is 23.0. The van der Waals surface area contributed by atoms with Gasteiger partial charge in [-0.15, -0.1) is 0 Å². The number of carbonyl (C=O) groups excluding carboxylic acids is 2. The highest BCUT2D eigenvalue weighted by Crippen LogP contribution is 2.37. The van der Waals surface area contributed by atoms with Gasteiger partial charge < -0.3 is 4.90 Å². The van der Waals surface area contributed by atoms with Crippen LogP contribution in [0.2, 0.25) is 5.02 Å². The number of likely N-dealkylation sites (tertiary alicyclic amines) is 1. The average Bonchev–Trinajstić information content (AvgIpc) is 3.08. The van der Waals surface area contributed by atoms with Crippen molar-refractivity contribution in [1.82, 2.24) is 4.90 Å². The van der Waals surface area contributed by atoms with E-state index in [1.54, 1.807) is 0 Å². The fraction of sp³-hybridized carbons (Fsp3) is 0.300. The SMILES string of the molecule is O=C1CCCN1CN(C(=O)c1cc(C(F)(F)F)cc(C(F)(F)F)c1)c1cccc(Cl)c1. The second kappa shape index (κ2) is 8.41. The van der Waals surface area contributed by atoms with Crippen LogP contribution in [0.15, 0.2) is 42.5 Å². The molecule has 2 aromatic rings. The molecule has 2 aromatic carbocycles. The Morgan fingerprint density at radius 3 is 2.10 bits per heavy atom. The molecule has 0 bridgehead atoms. The lowest BCUT2D eigenvalue weighted by atomic mass is 10.0.